The first-order valence-corrected chi connectivity index (χ1v) is 13.8. The van der Waals surface area contributed by atoms with E-state index >= 15 is 0 Å². The minimum Gasteiger partial charge on any atom is -0.340 e. The number of nitrogens with zero attached hydrogens (tertiary/aromatic N) is 2. The van der Waals surface area contributed by atoms with Crippen molar-refractivity contribution in [3.05, 3.63) is 79.9 Å². The van der Waals surface area contributed by atoms with Gasteiger partial charge < -0.3 is 9.68 Å². The SMILES string of the molecule is CCC(CC)(Cc1cccc([N+](=O)[O-])c1)C(=O)NOC(=O)CC(=O)ONC(=O)C(CC)(CC)Cc1cccc([N+](=O)[O-])c1. The van der Waals surface area contributed by atoms with E-state index in [1.807, 2.05) is 0 Å². The molecular formula is C29H36N4O10. The van der Waals surface area contributed by atoms with Crippen LogP contribution in [0.15, 0.2) is 48.5 Å². The Hall–Kier alpha value is -4.88. The highest BCUT2D eigenvalue weighted by molar-refractivity contribution is 5.93. The van der Waals surface area contributed by atoms with E-state index in [0.29, 0.717) is 36.8 Å². The molecular weight excluding hydrogens is 564 g/mol. The summed E-state index contributed by atoms with van der Waals surface area (Å²) >= 11 is 0. The summed E-state index contributed by atoms with van der Waals surface area (Å²) in [6.07, 6.45) is 0.686. The Morgan fingerprint density at radius 3 is 1.33 bits per heavy atom. The number of hydroxylamine groups is 2. The molecule has 43 heavy (non-hydrogen) atoms. The van der Waals surface area contributed by atoms with Crippen LogP contribution in [0.5, 0.6) is 0 Å². The summed E-state index contributed by atoms with van der Waals surface area (Å²) in [7, 11) is 0. The Morgan fingerprint density at radius 2 is 1.02 bits per heavy atom. The maximum Gasteiger partial charge on any atom is 0.343 e. The number of hydrogen-bond acceptors (Lipinski definition) is 10. The summed E-state index contributed by atoms with van der Waals surface area (Å²) in [4.78, 5) is 81.2. The van der Waals surface area contributed by atoms with Gasteiger partial charge in [-0.25, -0.2) is 9.59 Å². The summed E-state index contributed by atoms with van der Waals surface area (Å²) < 4.78 is 0. The van der Waals surface area contributed by atoms with Gasteiger partial charge in [-0.15, -0.1) is 0 Å². The van der Waals surface area contributed by atoms with Crippen LogP contribution in [-0.4, -0.2) is 33.6 Å². The molecule has 0 bridgehead atoms. The fourth-order valence-corrected chi connectivity index (χ4v) is 4.76. The maximum atomic E-state index is 13.0. The second kappa shape index (κ2) is 15.4. The number of nitrogens with one attached hydrogen (secondary N) is 2. The summed E-state index contributed by atoms with van der Waals surface area (Å²) in [5.41, 5.74) is 2.92. The Kier molecular flexibility index (Phi) is 12.3. The summed E-state index contributed by atoms with van der Waals surface area (Å²) in [6, 6.07) is 11.8. The minimum atomic E-state index is -1.14. The zero-order valence-electron chi connectivity index (χ0n) is 24.5. The lowest BCUT2D eigenvalue weighted by Crippen LogP contribution is -2.44. The number of rotatable bonds is 14. The molecule has 0 aliphatic carbocycles. The standard InChI is InChI=1S/C29H36N4O10/c1-5-28(6-2,18-20-11-9-13-22(15-20)32(38)39)26(36)30-42-24(34)17-25(35)43-31-27(37)29(7-3,8-4)19-21-12-10-14-23(16-21)33(40)41/h9-16H,5-8,17-19H2,1-4H3,(H,30,36)(H,31,37). The van der Waals surface area contributed by atoms with Gasteiger partial charge in [-0.1, -0.05) is 52.0 Å². The normalized spacial score (nSPS) is 11.3. The predicted molar refractivity (Wildman–Crippen MR) is 153 cm³/mol. The van der Waals surface area contributed by atoms with Gasteiger partial charge in [0.2, 0.25) is 0 Å². The number of nitro groups is 2. The molecule has 2 rings (SSSR count). The fourth-order valence-electron chi connectivity index (χ4n) is 4.76. The van der Waals surface area contributed by atoms with E-state index in [1.54, 1.807) is 39.8 Å². The summed E-state index contributed by atoms with van der Waals surface area (Å²) in [5.74, 6) is -3.57. The van der Waals surface area contributed by atoms with Gasteiger partial charge in [-0.2, -0.15) is 11.0 Å². The lowest BCUT2D eigenvalue weighted by atomic mass is 9.76. The van der Waals surface area contributed by atoms with Crippen molar-refractivity contribution < 1.29 is 38.7 Å². The molecule has 0 radical (unpaired) electrons. The van der Waals surface area contributed by atoms with Crippen LogP contribution in [-0.2, 0) is 41.7 Å². The van der Waals surface area contributed by atoms with E-state index in [-0.39, 0.29) is 24.2 Å². The topological polar surface area (TPSA) is 197 Å². The van der Waals surface area contributed by atoms with E-state index in [0.717, 1.165) is 0 Å². The monoisotopic (exact) mass is 600 g/mol. The van der Waals surface area contributed by atoms with Gasteiger partial charge in [0.15, 0.2) is 0 Å². The van der Waals surface area contributed by atoms with Crippen LogP contribution < -0.4 is 11.0 Å². The summed E-state index contributed by atoms with van der Waals surface area (Å²) in [6.45, 7) is 7.03. The first-order valence-electron chi connectivity index (χ1n) is 13.8. The predicted octanol–water partition coefficient (Wildman–Crippen LogP) is 4.44. The molecule has 2 amide bonds. The number of amides is 2. The van der Waals surface area contributed by atoms with Crippen LogP contribution in [0, 0.1) is 31.1 Å². The third-order valence-electron chi connectivity index (χ3n) is 7.80. The molecule has 0 fully saturated rings. The second-order valence-corrected chi connectivity index (χ2v) is 10.2. The molecule has 0 atom stereocenters. The van der Waals surface area contributed by atoms with Crippen LogP contribution in [0.25, 0.3) is 0 Å². The van der Waals surface area contributed by atoms with Crippen molar-refractivity contribution in [1.29, 1.82) is 0 Å². The van der Waals surface area contributed by atoms with Gasteiger partial charge in [-0.05, 0) is 49.7 Å². The smallest absolute Gasteiger partial charge is 0.340 e. The van der Waals surface area contributed by atoms with Crippen molar-refractivity contribution in [2.45, 2.75) is 72.6 Å². The van der Waals surface area contributed by atoms with Crippen molar-refractivity contribution in [3.8, 4) is 0 Å². The number of benzene rings is 2. The molecule has 14 nitrogen and oxygen atoms in total. The zero-order chi connectivity index (χ0) is 32.2. The number of carbonyl (C=O) groups is 4. The van der Waals surface area contributed by atoms with E-state index < -0.39 is 50.9 Å². The largest absolute Gasteiger partial charge is 0.343 e. The zero-order valence-corrected chi connectivity index (χ0v) is 24.5. The molecule has 0 aliphatic heterocycles. The number of hydrogen-bond donors (Lipinski definition) is 2. The molecule has 14 heteroatoms. The van der Waals surface area contributed by atoms with E-state index in [2.05, 4.69) is 11.0 Å². The highest BCUT2D eigenvalue weighted by atomic mass is 16.7. The van der Waals surface area contributed by atoms with Crippen LogP contribution in [0.3, 0.4) is 0 Å². The molecule has 0 heterocycles. The molecule has 2 N–H and O–H groups in total. The molecule has 0 saturated heterocycles. The molecule has 0 unspecified atom stereocenters. The Bertz CT molecular complexity index is 1250. The molecule has 232 valence electrons. The highest BCUT2D eigenvalue weighted by Gasteiger charge is 2.38. The first-order chi connectivity index (χ1) is 20.3. The molecule has 0 spiro atoms. The van der Waals surface area contributed by atoms with Crippen molar-refractivity contribution in [3.63, 3.8) is 0 Å². The van der Waals surface area contributed by atoms with Crippen molar-refractivity contribution >= 4 is 35.1 Å². The van der Waals surface area contributed by atoms with Crippen LogP contribution in [0.1, 0.15) is 70.9 Å². The average Bonchev–Trinajstić information content (AvgIpc) is 3.00. The van der Waals surface area contributed by atoms with E-state index in [9.17, 15) is 39.4 Å². The molecule has 0 saturated carbocycles. The fraction of sp³-hybridized carbons (Fsp3) is 0.448. The van der Waals surface area contributed by atoms with E-state index in [4.69, 9.17) is 9.68 Å². The summed E-state index contributed by atoms with van der Waals surface area (Å²) in [5, 5.41) is 22.2. The van der Waals surface area contributed by atoms with Crippen molar-refractivity contribution in [2.75, 3.05) is 0 Å². The number of non-ortho nitro benzene ring substituents is 2. The van der Waals surface area contributed by atoms with E-state index in [1.165, 1.54) is 36.4 Å². The quantitative estimate of drug-likeness (QED) is 0.178. The second-order valence-electron chi connectivity index (χ2n) is 10.2. The lowest BCUT2D eigenvalue weighted by molar-refractivity contribution is -0.385. The Balaban J connectivity index is 1.96. The molecule has 2 aromatic rings. The average molecular weight is 601 g/mol. The molecule has 0 aromatic heterocycles. The van der Waals surface area contributed by atoms with Crippen molar-refractivity contribution in [1.82, 2.24) is 11.0 Å². The van der Waals surface area contributed by atoms with Gasteiger partial charge in [0.1, 0.15) is 6.42 Å². The van der Waals surface area contributed by atoms with Crippen LogP contribution >= 0.6 is 0 Å². The third kappa shape index (κ3) is 9.05. The van der Waals surface area contributed by atoms with Gasteiger partial charge in [0.25, 0.3) is 23.2 Å². The van der Waals surface area contributed by atoms with Gasteiger partial charge in [-0.3, -0.25) is 29.8 Å². The molecule has 2 aromatic carbocycles. The van der Waals surface area contributed by atoms with Crippen molar-refractivity contribution in [2.24, 2.45) is 10.8 Å². The van der Waals surface area contributed by atoms with Gasteiger partial charge in [0, 0.05) is 24.3 Å². The van der Waals surface area contributed by atoms with Gasteiger partial charge in [0.05, 0.1) is 20.7 Å². The van der Waals surface area contributed by atoms with Crippen LogP contribution in [0.4, 0.5) is 11.4 Å². The Morgan fingerprint density at radius 1 is 0.674 bits per heavy atom. The molecule has 0 aliphatic rings. The maximum absolute atomic E-state index is 13.0. The Labute approximate surface area is 248 Å². The minimum absolute atomic E-state index is 0.116. The first kappa shape index (κ1) is 34.3. The number of carbonyl (C=O) groups excluding carboxylic acids is 4. The third-order valence-corrected chi connectivity index (χ3v) is 7.80. The lowest BCUT2D eigenvalue weighted by Gasteiger charge is -2.30. The highest BCUT2D eigenvalue weighted by Crippen LogP contribution is 2.33. The number of nitro benzene ring substituents is 2. The van der Waals surface area contributed by atoms with Crippen LogP contribution in [0.2, 0.25) is 0 Å². The van der Waals surface area contributed by atoms with Gasteiger partial charge >= 0.3 is 11.9 Å².